The zero-order valence-electron chi connectivity index (χ0n) is 15.6. The number of fused-ring (bicyclic) bond motifs is 1. The maximum Gasteiger partial charge on any atom is 0.262 e. The Morgan fingerprint density at radius 1 is 0.933 bits per heavy atom. The number of benzene rings is 3. The lowest BCUT2D eigenvalue weighted by Gasteiger charge is -2.22. The van der Waals surface area contributed by atoms with E-state index in [4.69, 9.17) is 0 Å². The molecule has 0 saturated carbocycles. The molecule has 0 radical (unpaired) electrons. The normalized spacial score (nSPS) is 13.9. The van der Waals surface area contributed by atoms with Gasteiger partial charge in [-0.1, -0.05) is 64.5 Å². The van der Waals surface area contributed by atoms with Crippen molar-refractivity contribution in [3.05, 3.63) is 105 Å². The van der Waals surface area contributed by atoms with Crippen LogP contribution in [0.4, 0.5) is 4.39 Å². The lowest BCUT2D eigenvalue weighted by molar-refractivity contribution is -0.121. The lowest BCUT2D eigenvalue weighted by Crippen LogP contribution is -2.42. The number of imide groups is 1. The Balaban J connectivity index is 1.59. The number of hydrogen-bond acceptors (Lipinski definition) is 3. The van der Waals surface area contributed by atoms with Gasteiger partial charge in [0.05, 0.1) is 17.2 Å². The molecule has 0 saturated heterocycles. The van der Waals surface area contributed by atoms with Crippen molar-refractivity contribution < 1.29 is 18.8 Å². The highest BCUT2D eigenvalue weighted by Crippen LogP contribution is 2.27. The van der Waals surface area contributed by atoms with Gasteiger partial charge >= 0.3 is 0 Å². The van der Waals surface area contributed by atoms with E-state index in [2.05, 4.69) is 21.2 Å². The van der Waals surface area contributed by atoms with Crippen LogP contribution in [-0.4, -0.2) is 29.2 Å². The lowest BCUT2D eigenvalue weighted by atomic mass is 9.98. The van der Waals surface area contributed by atoms with E-state index in [-0.39, 0.29) is 16.7 Å². The first-order chi connectivity index (χ1) is 14.5. The van der Waals surface area contributed by atoms with E-state index in [1.807, 2.05) is 6.07 Å². The SMILES string of the molecule is O=C(CN1C(=O)c2ccccc2C1=O)NC(c1ccccc1)c1ccc(Br)cc1F. The highest BCUT2D eigenvalue weighted by molar-refractivity contribution is 9.10. The summed E-state index contributed by atoms with van der Waals surface area (Å²) in [6.07, 6.45) is 0. The van der Waals surface area contributed by atoms with Crippen LogP contribution in [-0.2, 0) is 4.79 Å². The molecule has 30 heavy (non-hydrogen) atoms. The Morgan fingerprint density at radius 3 is 2.13 bits per heavy atom. The van der Waals surface area contributed by atoms with Crippen molar-refractivity contribution in [1.82, 2.24) is 10.2 Å². The first-order valence-electron chi connectivity index (χ1n) is 9.20. The summed E-state index contributed by atoms with van der Waals surface area (Å²) in [4.78, 5) is 38.7. The molecule has 0 aliphatic carbocycles. The van der Waals surface area contributed by atoms with Crippen LogP contribution in [0, 0.1) is 5.82 Å². The summed E-state index contributed by atoms with van der Waals surface area (Å²) < 4.78 is 15.2. The Kier molecular flexibility index (Phi) is 5.46. The molecule has 1 N–H and O–H groups in total. The van der Waals surface area contributed by atoms with Gasteiger partial charge in [-0.2, -0.15) is 0 Å². The monoisotopic (exact) mass is 466 g/mol. The molecule has 4 rings (SSSR count). The third-order valence-electron chi connectivity index (χ3n) is 4.89. The summed E-state index contributed by atoms with van der Waals surface area (Å²) in [7, 11) is 0. The van der Waals surface area contributed by atoms with Crippen LogP contribution < -0.4 is 5.32 Å². The van der Waals surface area contributed by atoms with Gasteiger partial charge in [0.2, 0.25) is 5.91 Å². The minimum Gasteiger partial charge on any atom is -0.344 e. The van der Waals surface area contributed by atoms with Crippen LogP contribution in [0.1, 0.15) is 37.9 Å². The molecule has 1 aliphatic rings. The average molecular weight is 467 g/mol. The Labute approximate surface area is 180 Å². The van der Waals surface area contributed by atoms with E-state index in [0.717, 1.165) is 4.90 Å². The summed E-state index contributed by atoms with van der Waals surface area (Å²) in [5.41, 5.74) is 1.50. The molecule has 150 valence electrons. The Morgan fingerprint density at radius 2 is 1.53 bits per heavy atom. The second-order valence-corrected chi connectivity index (χ2v) is 7.73. The molecular weight excluding hydrogens is 451 g/mol. The summed E-state index contributed by atoms with van der Waals surface area (Å²) in [5.74, 6) is -2.09. The number of carbonyl (C=O) groups excluding carboxylic acids is 3. The molecule has 3 aromatic rings. The number of amides is 3. The average Bonchev–Trinajstić information content (AvgIpc) is 2.98. The van der Waals surface area contributed by atoms with Crippen molar-refractivity contribution >= 4 is 33.7 Å². The summed E-state index contributed by atoms with van der Waals surface area (Å²) in [6, 6.07) is 19.2. The fraction of sp³-hybridized carbons (Fsp3) is 0.0870. The van der Waals surface area contributed by atoms with Gasteiger partial charge in [-0.05, 0) is 29.8 Å². The molecule has 0 aromatic heterocycles. The van der Waals surface area contributed by atoms with Crippen LogP contribution in [0.5, 0.6) is 0 Å². The molecule has 1 unspecified atom stereocenters. The zero-order chi connectivity index (χ0) is 21.3. The van der Waals surface area contributed by atoms with Crippen LogP contribution in [0.2, 0.25) is 0 Å². The van der Waals surface area contributed by atoms with Crippen molar-refractivity contribution in [2.75, 3.05) is 6.54 Å². The van der Waals surface area contributed by atoms with Crippen LogP contribution in [0.25, 0.3) is 0 Å². The third kappa shape index (κ3) is 3.76. The molecule has 1 atom stereocenters. The second kappa shape index (κ2) is 8.20. The molecule has 3 amide bonds. The van der Waals surface area contributed by atoms with Crippen molar-refractivity contribution in [3.8, 4) is 0 Å². The molecule has 5 nitrogen and oxygen atoms in total. The molecule has 1 aliphatic heterocycles. The van der Waals surface area contributed by atoms with Crippen molar-refractivity contribution in [1.29, 1.82) is 0 Å². The smallest absolute Gasteiger partial charge is 0.262 e. The van der Waals surface area contributed by atoms with Gasteiger partial charge < -0.3 is 5.32 Å². The van der Waals surface area contributed by atoms with Crippen LogP contribution >= 0.6 is 15.9 Å². The van der Waals surface area contributed by atoms with E-state index < -0.39 is 36.1 Å². The fourth-order valence-corrected chi connectivity index (χ4v) is 3.79. The minimum absolute atomic E-state index is 0.272. The molecule has 0 spiro atoms. The molecule has 1 heterocycles. The molecule has 7 heteroatoms. The van der Waals surface area contributed by atoms with Crippen molar-refractivity contribution in [2.45, 2.75) is 6.04 Å². The Hall–Kier alpha value is -3.32. The predicted octanol–water partition coefficient (Wildman–Crippen LogP) is 4.09. The molecular formula is C23H16BrFN2O3. The van der Waals surface area contributed by atoms with E-state index in [1.54, 1.807) is 60.7 Å². The highest BCUT2D eigenvalue weighted by atomic mass is 79.9. The first kappa shape index (κ1) is 20.0. The number of halogens is 2. The van der Waals surface area contributed by atoms with Gasteiger partial charge in [0.25, 0.3) is 11.8 Å². The van der Waals surface area contributed by atoms with Crippen molar-refractivity contribution in [3.63, 3.8) is 0 Å². The van der Waals surface area contributed by atoms with E-state index in [1.165, 1.54) is 6.07 Å². The largest absolute Gasteiger partial charge is 0.344 e. The predicted molar refractivity (Wildman–Crippen MR) is 112 cm³/mol. The molecule has 0 fully saturated rings. The maximum absolute atomic E-state index is 14.6. The number of nitrogens with zero attached hydrogens (tertiary/aromatic N) is 1. The fourth-order valence-electron chi connectivity index (χ4n) is 3.45. The van der Waals surface area contributed by atoms with E-state index >= 15 is 0 Å². The van der Waals surface area contributed by atoms with E-state index in [0.29, 0.717) is 10.0 Å². The van der Waals surface area contributed by atoms with Crippen molar-refractivity contribution in [2.24, 2.45) is 0 Å². The summed E-state index contributed by atoms with van der Waals surface area (Å²) >= 11 is 3.23. The van der Waals surface area contributed by atoms with Gasteiger partial charge in [0.1, 0.15) is 12.4 Å². The highest BCUT2D eigenvalue weighted by Gasteiger charge is 2.36. The second-order valence-electron chi connectivity index (χ2n) is 6.82. The third-order valence-corrected chi connectivity index (χ3v) is 5.38. The minimum atomic E-state index is -0.776. The van der Waals surface area contributed by atoms with Gasteiger partial charge in [0, 0.05) is 10.0 Å². The number of rotatable bonds is 5. The molecule has 0 bridgehead atoms. The molecule has 3 aromatic carbocycles. The quantitative estimate of drug-likeness (QED) is 0.575. The summed E-state index contributed by atoms with van der Waals surface area (Å²) in [6.45, 7) is -0.451. The summed E-state index contributed by atoms with van der Waals surface area (Å²) in [5, 5.41) is 2.76. The number of hydrogen-bond donors (Lipinski definition) is 1. The van der Waals surface area contributed by atoms with Gasteiger partial charge in [-0.15, -0.1) is 0 Å². The zero-order valence-corrected chi connectivity index (χ0v) is 17.2. The number of carbonyl (C=O) groups is 3. The van der Waals surface area contributed by atoms with Crippen LogP contribution in [0.15, 0.2) is 77.3 Å². The van der Waals surface area contributed by atoms with Gasteiger partial charge in [-0.25, -0.2) is 4.39 Å². The maximum atomic E-state index is 14.6. The number of nitrogens with one attached hydrogen (secondary N) is 1. The topological polar surface area (TPSA) is 66.5 Å². The van der Waals surface area contributed by atoms with Crippen LogP contribution in [0.3, 0.4) is 0 Å². The standard InChI is InChI=1S/C23H16BrFN2O3/c24-15-10-11-18(19(25)12-15)21(14-6-2-1-3-7-14)26-20(28)13-27-22(29)16-8-4-5-9-17(16)23(27)30/h1-12,21H,13H2,(H,26,28). The van der Waals surface area contributed by atoms with Gasteiger partial charge in [0.15, 0.2) is 0 Å². The van der Waals surface area contributed by atoms with Gasteiger partial charge in [-0.3, -0.25) is 19.3 Å². The van der Waals surface area contributed by atoms with E-state index in [9.17, 15) is 18.8 Å². The Bertz CT molecular complexity index is 1120. The first-order valence-corrected chi connectivity index (χ1v) is 9.99.